The molecule has 0 bridgehead atoms. The van der Waals surface area contributed by atoms with Gasteiger partial charge in [-0.1, -0.05) is 0 Å². The minimum absolute atomic E-state index is 0.0310. The van der Waals surface area contributed by atoms with Gasteiger partial charge in [-0.2, -0.15) is 9.97 Å². The lowest BCUT2D eigenvalue weighted by molar-refractivity contribution is 0.127. The van der Waals surface area contributed by atoms with E-state index in [9.17, 15) is 13.2 Å². The maximum atomic E-state index is 13.8. The quantitative estimate of drug-likeness (QED) is 0.456. The Bertz CT molecular complexity index is 1240. The molecule has 0 unspecified atom stereocenters. The van der Waals surface area contributed by atoms with Crippen LogP contribution in [0, 0.1) is 6.92 Å². The summed E-state index contributed by atoms with van der Waals surface area (Å²) in [5.74, 6) is 0.978. The van der Waals surface area contributed by atoms with Crippen LogP contribution >= 0.6 is 0 Å². The minimum atomic E-state index is -2.51. The van der Waals surface area contributed by atoms with E-state index >= 15 is 0 Å². The Morgan fingerprint density at radius 2 is 2.03 bits per heavy atom. The predicted octanol–water partition coefficient (Wildman–Crippen LogP) is 4.11. The van der Waals surface area contributed by atoms with Crippen LogP contribution in [0.25, 0.3) is 33.3 Å². The first kappa shape index (κ1) is 20.9. The van der Waals surface area contributed by atoms with E-state index in [1.807, 2.05) is 0 Å². The number of methoxy groups -OCH3 is 1. The van der Waals surface area contributed by atoms with E-state index in [2.05, 4.69) is 30.2 Å². The second-order valence-electron chi connectivity index (χ2n) is 7.78. The summed E-state index contributed by atoms with van der Waals surface area (Å²) in [5.41, 5.74) is 1.31. The van der Waals surface area contributed by atoms with Crippen molar-refractivity contribution < 1.29 is 17.9 Å². The topological polar surface area (TPSA) is 93.5 Å². The average molecular weight is 433 g/mol. The molecule has 4 rings (SSSR count). The number of aryl methyl sites for hydroxylation is 1. The average Bonchev–Trinajstić information content (AvgIpc) is 3.26. The molecule has 2 N–H and O–H groups in total. The van der Waals surface area contributed by atoms with Gasteiger partial charge in [0.25, 0.3) is 6.43 Å². The third-order valence-corrected chi connectivity index (χ3v) is 4.79. The zero-order chi connectivity index (χ0) is 22.3. The fourth-order valence-corrected chi connectivity index (χ4v) is 3.38. The second kappa shape index (κ2) is 7.71. The number of nitrogens with one attached hydrogen (secondary N) is 2. The molecular weight excluding hydrogens is 411 g/mol. The number of alkyl halides is 3. The third-order valence-electron chi connectivity index (χ3n) is 4.79. The van der Waals surface area contributed by atoms with Gasteiger partial charge in [-0.3, -0.25) is 0 Å². The molecule has 0 saturated heterocycles. The number of H-pyrrole nitrogens is 1. The number of pyridine rings is 1. The Labute approximate surface area is 175 Å². The zero-order valence-corrected chi connectivity index (χ0v) is 17.5. The van der Waals surface area contributed by atoms with Gasteiger partial charge in [0.2, 0.25) is 11.8 Å². The largest absolute Gasteiger partial charge is 0.480 e. The number of ether oxygens (including phenoxy) is 1. The molecule has 0 amide bonds. The summed E-state index contributed by atoms with van der Waals surface area (Å²) in [6, 6.07) is 1.75. The minimum Gasteiger partial charge on any atom is -0.480 e. The molecule has 0 atom stereocenters. The molecule has 31 heavy (non-hydrogen) atoms. The molecule has 8 nitrogen and oxygen atoms in total. The number of fused-ring (bicyclic) bond motifs is 2. The van der Waals surface area contributed by atoms with Gasteiger partial charge in [-0.15, -0.1) is 0 Å². The number of nitrogens with zero attached hydrogens (tertiary/aromatic N) is 5. The Balaban J connectivity index is 1.80. The summed E-state index contributed by atoms with van der Waals surface area (Å²) in [6.07, 6.45) is 0.817. The highest BCUT2D eigenvalue weighted by Gasteiger charge is 2.20. The summed E-state index contributed by atoms with van der Waals surface area (Å²) in [4.78, 5) is 20.4. The number of halogens is 3. The third kappa shape index (κ3) is 4.12. The van der Waals surface area contributed by atoms with Crippen LogP contribution in [0.4, 0.5) is 19.1 Å². The maximum absolute atomic E-state index is 13.8. The molecule has 164 valence electrons. The first-order valence-corrected chi connectivity index (χ1v) is 9.63. The van der Waals surface area contributed by atoms with Crippen molar-refractivity contribution in [3.05, 3.63) is 24.3 Å². The van der Waals surface area contributed by atoms with E-state index in [-0.39, 0.29) is 18.4 Å². The number of aromatic nitrogens is 6. The van der Waals surface area contributed by atoms with Crippen molar-refractivity contribution >= 4 is 28.1 Å². The molecule has 0 aliphatic heterocycles. The first-order valence-electron chi connectivity index (χ1n) is 9.63. The number of aromatic amines is 1. The normalized spacial score (nSPS) is 12.3. The number of hydrogen-bond acceptors (Lipinski definition) is 6. The van der Waals surface area contributed by atoms with Crippen LogP contribution in [-0.4, -0.2) is 55.2 Å². The maximum Gasteiger partial charge on any atom is 0.256 e. The van der Waals surface area contributed by atoms with Crippen molar-refractivity contribution in [1.82, 2.24) is 29.5 Å². The highest BCUT2D eigenvalue weighted by atomic mass is 19.3. The Hall–Kier alpha value is -3.37. The molecule has 4 aromatic heterocycles. The standard InChI is InChI=1S/C20H22F3N7O/c1-10-27-16-13(30(10)8-14(21)22)5-11(6-24-16)12-7-25-17-15(12)18(31-4)29-19(28-17)26-9-20(2,3)23/h5-7,14H,8-9H2,1-4H3,(H2,25,26,28,29). The monoisotopic (exact) mass is 433 g/mol. The molecule has 4 aromatic rings. The molecule has 0 spiro atoms. The van der Waals surface area contributed by atoms with Crippen molar-refractivity contribution in [2.75, 3.05) is 19.0 Å². The van der Waals surface area contributed by atoms with Gasteiger partial charge < -0.3 is 19.6 Å². The zero-order valence-electron chi connectivity index (χ0n) is 17.5. The molecule has 11 heteroatoms. The molecular formula is C20H22F3N7O. The first-order chi connectivity index (χ1) is 14.7. The van der Waals surface area contributed by atoms with Crippen LogP contribution in [0.5, 0.6) is 5.88 Å². The van der Waals surface area contributed by atoms with Gasteiger partial charge in [0, 0.05) is 23.5 Å². The molecule has 0 aromatic carbocycles. The number of rotatable bonds is 7. The Morgan fingerprint density at radius 1 is 1.26 bits per heavy atom. The molecule has 4 heterocycles. The molecule has 0 aliphatic carbocycles. The van der Waals surface area contributed by atoms with Crippen LogP contribution in [0.2, 0.25) is 0 Å². The summed E-state index contributed by atoms with van der Waals surface area (Å²) >= 11 is 0. The van der Waals surface area contributed by atoms with Crippen LogP contribution in [0.15, 0.2) is 18.5 Å². The molecule has 0 saturated carbocycles. The fourth-order valence-electron chi connectivity index (χ4n) is 3.38. The van der Waals surface area contributed by atoms with E-state index in [0.717, 1.165) is 0 Å². The summed E-state index contributed by atoms with van der Waals surface area (Å²) in [7, 11) is 1.48. The van der Waals surface area contributed by atoms with E-state index in [1.165, 1.54) is 25.5 Å². The SMILES string of the molecule is COc1nc(NCC(C)(C)F)nc2[nH]cc(-c3cnc4nc(C)n(CC(F)F)c4c3)c12. The number of hydrogen-bond donors (Lipinski definition) is 2. The van der Waals surface area contributed by atoms with Gasteiger partial charge in [0.1, 0.15) is 17.1 Å². The number of imidazole rings is 1. The van der Waals surface area contributed by atoms with Gasteiger partial charge in [-0.05, 0) is 26.8 Å². The molecule has 0 radical (unpaired) electrons. The molecule has 0 aliphatic rings. The van der Waals surface area contributed by atoms with Crippen molar-refractivity contribution in [3.63, 3.8) is 0 Å². The summed E-state index contributed by atoms with van der Waals surface area (Å²) in [5, 5.41) is 3.46. The lowest BCUT2D eigenvalue weighted by atomic mass is 10.1. The van der Waals surface area contributed by atoms with E-state index < -0.39 is 18.6 Å². The smallest absolute Gasteiger partial charge is 0.256 e. The Kier molecular flexibility index (Phi) is 5.19. The summed E-state index contributed by atoms with van der Waals surface area (Å²) in [6.45, 7) is 4.13. The van der Waals surface area contributed by atoms with Gasteiger partial charge in [-0.25, -0.2) is 23.1 Å². The van der Waals surface area contributed by atoms with Crippen LogP contribution in [0.3, 0.4) is 0 Å². The van der Waals surface area contributed by atoms with Crippen LogP contribution in [0.1, 0.15) is 19.7 Å². The van der Waals surface area contributed by atoms with Gasteiger partial charge in [0.05, 0.1) is 31.1 Å². The van der Waals surface area contributed by atoms with E-state index in [4.69, 9.17) is 4.74 Å². The Morgan fingerprint density at radius 3 is 2.71 bits per heavy atom. The van der Waals surface area contributed by atoms with Crippen molar-refractivity contribution in [2.24, 2.45) is 0 Å². The fraction of sp³-hybridized carbons (Fsp3) is 0.400. The van der Waals surface area contributed by atoms with Gasteiger partial charge >= 0.3 is 0 Å². The van der Waals surface area contributed by atoms with Crippen LogP contribution in [-0.2, 0) is 6.54 Å². The number of anilines is 1. The van der Waals surface area contributed by atoms with Crippen molar-refractivity contribution in [2.45, 2.75) is 39.4 Å². The van der Waals surface area contributed by atoms with Crippen molar-refractivity contribution in [3.8, 4) is 17.0 Å². The predicted molar refractivity (Wildman–Crippen MR) is 111 cm³/mol. The van der Waals surface area contributed by atoms with Gasteiger partial charge in [0.15, 0.2) is 5.65 Å². The van der Waals surface area contributed by atoms with Crippen molar-refractivity contribution in [1.29, 1.82) is 0 Å². The van der Waals surface area contributed by atoms with E-state index in [1.54, 1.807) is 25.4 Å². The lowest BCUT2D eigenvalue weighted by Gasteiger charge is -2.15. The second-order valence-corrected chi connectivity index (χ2v) is 7.78. The lowest BCUT2D eigenvalue weighted by Crippen LogP contribution is -2.25. The molecule has 0 fully saturated rings. The highest BCUT2D eigenvalue weighted by Crippen LogP contribution is 2.35. The summed E-state index contributed by atoms with van der Waals surface area (Å²) < 4.78 is 46.8. The van der Waals surface area contributed by atoms with E-state index in [0.29, 0.717) is 39.1 Å². The highest BCUT2D eigenvalue weighted by molar-refractivity contribution is 5.98. The van der Waals surface area contributed by atoms with Crippen LogP contribution < -0.4 is 10.1 Å².